The number of hydrogen-bond donors (Lipinski definition) is 2. The van der Waals surface area contributed by atoms with Gasteiger partial charge in [-0.3, -0.25) is 4.79 Å². The molecule has 126 valence electrons. The van der Waals surface area contributed by atoms with E-state index in [0.717, 1.165) is 0 Å². The van der Waals surface area contributed by atoms with Gasteiger partial charge in [-0.05, 0) is 36.8 Å². The summed E-state index contributed by atoms with van der Waals surface area (Å²) in [5.74, 6) is 0.449. The number of carbonyl (C=O) groups excluding carboxylic acids is 1. The van der Waals surface area contributed by atoms with Crippen molar-refractivity contribution >= 4 is 21.6 Å². The molecule has 7 nitrogen and oxygen atoms in total. The molecule has 1 aliphatic rings. The van der Waals surface area contributed by atoms with E-state index < -0.39 is 15.9 Å². The third-order valence-corrected chi connectivity index (χ3v) is 4.62. The molecule has 0 bridgehead atoms. The van der Waals surface area contributed by atoms with E-state index in [1.54, 1.807) is 37.3 Å². The van der Waals surface area contributed by atoms with Crippen molar-refractivity contribution in [3.8, 4) is 11.5 Å². The van der Waals surface area contributed by atoms with E-state index in [9.17, 15) is 13.2 Å². The van der Waals surface area contributed by atoms with Crippen LogP contribution in [0.3, 0.4) is 0 Å². The molecule has 0 spiro atoms. The molecular weight excluding hydrogens is 332 g/mol. The van der Waals surface area contributed by atoms with E-state index in [1.165, 1.54) is 6.07 Å². The lowest BCUT2D eigenvalue weighted by atomic mass is 10.1. The number of fused-ring (bicyclic) bond motifs is 1. The first-order valence-electron chi connectivity index (χ1n) is 7.19. The van der Waals surface area contributed by atoms with Crippen molar-refractivity contribution in [2.24, 2.45) is 5.14 Å². The van der Waals surface area contributed by atoms with Crippen molar-refractivity contribution in [1.82, 2.24) is 0 Å². The van der Waals surface area contributed by atoms with Crippen LogP contribution in [0.5, 0.6) is 11.5 Å². The molecule has 0 fully saturated rings. The number of anilines is 1. The van der Waals surface area contributed by atoms with Crippen LogP contribution in [0.1, 0.15) is 15.9 Å². The van der Waals surface area contributed by atoms with Gasteiger partial charge in [0.05, 0.1) is 10.5 Å². The molecule has 1 amide bonds. The number of sulfonamides is 1. The van der Waals surface area contributed by atoms with Crippen LogP contribution in [0.4, 0.5) is 5.69 Å². The van der Waals surface area contributed by atoms with Crippen molar-refractivity contribution in [3.63, 3.8) is 0 Å². The summed E-state index contributed by atoms with van der Waals surface area (Å²) in [6, 6.07) is 9.53. The van der Waals surface area contributed by atoms with Gasteiger partial charge in [-0.15, -0.1) is 0 Å². The number of para-hydroxylation sites is 1. The molecule has 2 aromatic carbocycles. The molecule has 0 aromatic heterocycles. The maximum absolute atomic E-state index is 12.5. The number of ether oxygens (including phenoxy) is 2. The fourth-order valence-electron chi connectivity index (χ4n) is 2.44. The minimum absolute atomic E-state index is 0.0324. The number of hydrogen-bond acceptors (Lipinski definition) is 5. The summed E-state index contributed by atoms with van der Waals surface area (Å²) < 4.78 is 34.1. The van der Waals surface area contributed by atoms with Crippen molar-refractivity contribution in [2.75, 3.05) is 18.5 Å². The zero-order valence-corrected chi connectivity index (χ0v) is 13.7. The summed E-state index contributed by atoms with van der Waals surface area (Å²) in [6.07, 6.45) is 0. The molecule has 0 atom stereocenters. The van der Waals surface area contributed by atoms with Crippen LogP contribution in [-0.2, 0) is 10.0 Å². The summed E-state index contributed by atoms with van der Waals surface area (Å²) in [7, 11) is -3.87. The van der Waals surface area contributed by atoms with Gasteiger partial charge in [-0.1, -0.05) is 12.1 Å². The van der Waals surface area contributed by atoms with Gasteiger partial charge in [0.15, 0.2) is 11.5 Å². The highest BCUT2D eigenvalue weighted by Crippen LogP contribution is 2.34. The lowest BCUT2D eigenvalue weighted by Gasteiger charge is -2.20. The lowest BCUT2D eigenvalue weighted by molar-refractivity contribution is 0.101. The van der Waals surface area contributed by atoms with Gasteiger partial charge >= 0.3 is 0 Å². The van der Waals surface area contributed by atoms with Crippen LogP contribution in [0.25, 0.3) is 0 Å². The minimum Gasteiger partial charge on any atom is -0.486 e. The molecule has 3 rings (SSSR count). The highest BCUT2D eigenvalue weighted by atomic mass is 32.2. The predicted molar refractivity (Wildman–Crippen MR) is 87.9 cm³/mol. The van der Waals surface area contributed by atoms with Crippen LogP contribution in [-0.4, -0.2) is 27.5 Å². The molecule has 0 radical (unpaired) electrons. The van der Waals surface area contributed by atoms with Crippen molar-refractivity contribution < 1.29 is 22.7 Å². The third-order valence-electron chi connectivity index (χ3n) is 3.56. The summed E-state index contributed by atoms with van der Waals surface area (Å²) >= 11 is 0. The molecule has 2 aromatic rings. The highest BCUT2D eigenvalue weighted by molar-refractivity contribution is 7.89. The number of carbonyl (C=O) groups is 1. The Labute approximate surface area is 139 Å². The minimum atomic E-state index is -3.87. The Morgan fingerprint density at radius 1 is 1.17 bits per heavy atom. The van der Waals surface area contributed by atoms with E-state index >= 15 is 0 Å². The van der Waals surface area contributed by atoms with Gasteiger partial charge < -0.3 is 14.8 Å². The number of primary sulfonamides is 1. The standard InChI is InChI=1S/C16H16N2O5S/c1-10-5-6-11(9-14(10)24(17,20)21)18-16(19)12-3-2-4-13-15(12)23-8-7-22-13/h2-6,9H,7-8H2,1H3,(H,18,19)(H2,17,20,21). The molecule has 3 N–H and O–H groups in total. The molecule has 0 saturated carbocycles. The number of benzene rings is 2. The lowest BCUT2D eigenvalue weighted by Crippen LogP contribution is -2.20. The number of amides is 1. The first-order chi connectivity index (χ1) is 11.4. The first kappa shape index (κ1) is 16.3. The average molecular weight is 348 g/mol. The fourth-order valence-corrected chi connectivity index (χ4v) is 3.24. The SMILES string of the molecule is Cc1ccc(NC(=O)c2cccc3c2OCCO3)cc1S(N)(=O)=O. The molecule has 8 heteroatoms. The Hall–Kier alpha value is -2.58. The Morgan fingerprint density at radius 3 is 2.67 bits per heavy atom. The van der Waals surface area contributed by atoms with E-state index in [0.29, 0.717) is 41.5 Å². The maximum Gasteiger partial charge on any atom is 0.259 e. The van der Waals surface area contributed by atoms with Gasteiger partial charge in [0.1, 0.15) is 13.2 Å². The van der Waals surface area contributed by atoms with Gasteiger partial charge in [0, 0.05) is 5.69 Å². The van der Waals surface area contributed by atoms with Crippen LogP contribution >= 0.6 is 0 Å². The second-order valence-corrected chi connectivity index (χ2v) is 6.84. The number of rotatable bonds is 3. The predicted octanol–water partition coefficient (Wildman–Crippen LogP) is 1.67. The van der Waals surface area contributed by atoms with E-state index in [1.807, 2.05) is 0 Å². The summed E-state index contributed by atoms with van der Waals surface area (Å²) in [5.41, 5.74) is 1.14. The summed E-state index contributed by atoms with van der Waals surface area (Å²) in [6.45, 7) is 2.41. The van der Waals surface area contributed by atoms with Gasteiger partial charge in [-0.25, -0.2) is 13.6 Å². The number of aryl methyl sites for hydroxylation is 1. The largest absolute Gasteiger partial charge is 0.486 e. The average Bonchev–Trinajstić information content (AvgIpc) is 2.55. The molecule has 1 aliphatic heterocycles. The van der Waals surface area contributed by atoms with Gasteiger partial charge in [0.2, 0.25) is 10.0 Å². The molecule has 1 heterocycles. The van der Waals surface area contributed by atoms with Gasteiger partial charge in [-0.2, -0.15) is 0 Å². The molecule has 0 saturated heterocycles. The zero-order chi connectivity index (χ0) is 17.3. The van der Waals surface area contributed by atoms with E-state index in [2.05, 4.69) is 5.32 Å². The summed E-state index contributed by atoms with van der Waals surface area (Å²) in [4.78, 5) is 12.5. The Bertz CT molecular complexity index is 909. The molecule has 0 unspecified atom stereocenters. The molecule has 24 heavy (non-hydrogen) atoms. The first-order valence-corrected chi connectivity index (χ1v) is 8.74. The van der Waals surface area contributed by atoms with Crippen molar-refractivity contribution in [3.05, 3.63) is 47.5 Å². The quantitative estimate of drug-likeness (QED) is 0.877. The van der Waals surface area contributed by atoms with Crippen LogP contribution in [0, 0.1) is 6.92 Å². The monoisotopic (exact) mass is 348 g/mol. The smallest absolute Gasteiger partial charge is 0.259 e. The van der Waals surface area contributed by atoms with E-state index in [4.69, 9.17) is 14.6 Å². The number of nitrogens with two attached hydrogens (primary N) is 1. The number of nitrogens with one attached hydrogen (secondary N) is 1. The van der Waals surface area contributed by atoms with Crippen molar-refractivity contribution in [2.45, 2.75) is 11.8 Å². The molecule has 0 aliphatic carbocycles. The third kappa shape index (κ3) is 3.19. The van der Waals surface area contributed by atoms with Crippen LogP contribution < -0.4 is 19.9 Å². The second-order valence-electron chi connectivity index (χ2n) is 5.31. The Morgan fingerprint density at radius 2 is 1.92 bits per heavy atom. The summed E-state index contributed by atoms with van der Waals surface area (Å²) in [5, 5.41) is 7.84. The second kappa shape index (κ2) is 6.14. The highest BCUT2D eigenvalue weighted by Gasteiger charge is 2.21. The zero-order valence-electron chi connectivity index (χ0n) is 12.9. The Kier molecular flexibility index (Phi) is 4.16. The maximum atomic E-state index is 12.5. The van der Waals surface area contributed by atoms with Crippen LogP contribution in [0.15, 0.2) is 41.3 Å². The normalized spacial score (nSPS) is 13.4. The van der Waals surface area contributed by atoms with Crippen LogP contribution in [0.2, 0.25) is 0 Å². The van der Waals surface area contributed by atoms with Gasteiger partial charge in [0.25, 0.3) is 5.91 Å². The van der Waals surface area contributed by atoms with E-state index in [-0.39, 0.29) is 4.90 Å². The van der Waals surface area contributed by atoms with Crippen molar-refractivity contribution in [1.29, 1.82) is 0 Å². The topological polar surface area (TPSA) is 108 Å². The Balaban J connectivity index is 1.91. The molecular formula is C16H16N2O5S. The fraction of sp³-hybridized carbons (Fsp3) is 0.188.